The first-order valence-corrected chi connectivity index (χ1v) is 13.2. The number of nitrogens with one attached hydrogen (secondary N) is 1. The molecule has 11 heteroatoms. The Hall–Kier alpha value is -4.26. The maximum absolute atomic E-state index is 12.6. The third-order valence-electron chi connectivity index (χ3n) is 7.28. The van der Waals surface area contributed by atoms with Crippen LogP contribution in [-0.2, 0) is 24.8 Å². The first-order chi connectivity index (χ1) is 20.4. The number of rotatable bonds is 11. The van der Waals surface area contributed by atoms with E-state index in [0.29, 0.717) is 11.5 Å². The molecule has 2 unspecified atom stereocenters. The summed E-state index contributed by atoms with van der Waals surface area (Å²) in [6, 6.07) is 25.9. The Kier molecular flexibility index (Phi) is 8.86. The normalized spacial score (nSPS) is 20.4. The van der Waals surface area contributed by atoms with Gasteiger partial charge in [-0.2, -0.15) is 0 Å². The van der Waals surface area contributed by atoms with Crippen LogP contribution in [0.15, 0.2) is 101 Å². The molecule has 11 nitrogen and oxygen atoms in total. The standard InChI is InChI=1S/C31H32N2O9/c1-37-23-13-9-21(10-14-23)31(20-7-5-4-6-8-20,22-11-15-24(38-2)16-12-22)40-19-25-27(35)28(42-39-3)29(41-25)33-18-17-26(34)32-30(33)36/h4-18,25,27-29,35H,19H2,1-3H3,(H,32,34,36)/t25-,27?,28?,29-/m0/s1. The van der Waals surface area contributed by atoms with Crippen molar-refractivity contribution in [1.82, 2.24) is 9.55 Å². The molecule has 1 fully saturated rings. The van der Waals surface area contributed by atoms with Crippen LogP contribution in [0.4, 0.5) is 0 Å². The summed E-state index contributed by atoms with van der Waals surface area (Å²) in [5, 5.41) is 11.3. The molecular formula is C31H32N2O9. The number of hydrogen-bond donors (Lipinski definition) is 2. The lowest BCUT2D eigenvalue weighted by molar-refractivity contribution is -0.327. The molecule has 1 aliphatic heterocycles. The van der Waals surface area contributed by atoms with Crippen molar-refractivity contribution in [3.8, 4) is 11.5 Å². The molecule has 42 heavy (non-hydrogen) atoms. The van der Waals surface area contributed by atoms with Crippen molar-refractivity contribution in [2.24, 2.45) is 0 Å². The molecule has 220 valence electrons. The maximum atomic E-state index is 12.6. The molecule has 0 radical (unpaired) electrons. The van der Waals surface area contributed by atoms with Crippen molar-refractivity contribution in [2.45, 2.75) is 30.1 Å². The van der Waals surface area contributed by atoms with E-state index in [1.807, 2.05) is 78.9 Å². The molecule has 0 aliphatic carbocycles. The summed E-state index contributed by atoms with van der Waals surface area (Å²) in [5.41, 5.74) is -0.0269. The zero-order chi connectivity index (χ0) is 29.7. The summed E-state index contributed by atoms with van der Waals surface area (Å²) in [4.78, 5) is 36.6. The summed E-state index contributed by atoms with van der Waals surface area (Å²) in [7, 11) is 4.48. The molecule has 0 saturated carbocycles. The Morgan fingerprint density at radius 2 is 1.40 bits per heavy atom. The highest BCUT2D eigenvalue weighted by Crippen LogP contribution is 2.43. The average molecular weight is 577 g/mol. The largest absolute Gasteiger partial charge is 0.497 e. The van der Waals surface area contributed by atoms with Gasteiger partial charge in [0, 0.05) is 12.3 Å². The van der Waals surface area contributed by atoms with Crippen molar-refractivity contribution in [3.63, 3.8) is 0 Å². The summed E-state index contributed by atoms with van der Waals surface area (Å²) in [6.45, 7) is -0.119. The van der Waals surface area contributed by atoms with Crippen LogP contribution in [0.1, 0.15) is 22.9 Å². The monoisotopic (exact) mass is 576 g/mol. The van der Waals surface area contributed by atoms with Gasteiger partial charge in [-0.05, 0) is 41.0 Å². The molecule has 4 aromatic rings. The Labute approximate surface area is 241 Å². The maximum Gasteiger partial charge on any atom is 0.330 e. The zero-order valence-corrected chi connectivity index (χ0v) is 23.3. The second-order valence-corrected chi connectivity index (χ2v) is 9.62. The Balaban J connectivity index is 1.57. The van der Waals surface area contributed by atoms with Crippen molar-refractivity contribution < 1.29 is 33.8 Å². The number of ether oxygens (including phenoxy) is 4. The van der Waals surface area contributed by atoms with E-state index in [1.165, 1.54) is 19.4 Å². The van der Waals surface area contributed by atoms with Crippen LogP contribution in [0.25, 0.3) is 0 Å². The van der Waals surface area contributed by atoms with Crippen LogP contribution >= 0.6 is 0 Å². The van der Waals surface area contributed by atoms with Gasteiger partial charge in [0.2, 0.25) is 0 Å². The first kappa shape index (κ1) is 29.2. The molecule has 1 aromatic heterocycles. The number of benzene rings is 3. The third kappa shape index (κ3) is 5.60. The lowest BCUT2D eigenvalue weighted by atomic mass is 9.80. The summed E-state index contributed by atoms with van der Waals surface area (Å²) < 4.78 is 24.9. The van der Waals surface area contributed by atoms with Gasteiger partial charge in [0.1, 0.15) is 29.3 Å². The van der Waals surface area contributed by atoms with Gasteiger partial charge < -0.3 is 24.1 Å². The summed E-state index contributed by atoms with van der Waals surface area (Å²) >= 11 is 0. The highest BCUT2D eigenvalue weighted by molar-refractivity contribution is 5.49. The number of H-pyrrole nitrogens is 1. The van der Waals surface area contributed by atoms with Gasteiger partial charge >= 0.3 is 5.69 Å². The van der Waals surface area contributed by atoms with Gasteiger partial charge in [-0.1, -0.05) is 54.6 Å². The molecule has 0 bridgehead atoms. The highest BCUT2D eigenvalue weighted by atomic mass is 17.2. The molecule has 4 atom stereocenters. The van der Waals surface area contributed by atoms with Gasteiger partial charge in [0.15, 0.2) is 12.3 Å². The van der Waals surface area contributed by atoms with E-state index in [1.54, 1.807) is 14.2 Å². The van der Waals surface area contributed by atoms with Crippen molar-refractivity contribution >= 4 is 0 Å². The van der Waals surface area contributed by atoms with Crippen LogP contribution in [0.5, 0.6) is 11.5 Å². The number of aromatic amines is 1. The predicted molar refractivity (Wildman–Crippen MR) is 151 cm³/mol. The van der Waals surface area contributed by atoms with Crippen LogP contribution in [-0.4, -0.2) is 60.9 Å². The molecule has 2 N–H and O–H groups in total. The van der Waals surface area contributed by atoms with E-state index in [2.05, 4.69) is 4.98 Å². The first-order valence-electron chi connectivity index (χ1n) is 13.2. The molecule has 1 aliphatic rings. The van der Waals surface area contributed by atoms with Gasteiger partial charge in [0.05, 0.1) is 27.9 Å². The number of hydrogen-bond acceptors (Lipinski definition) is 9. The molecule has 0 spiro atoms. The molecular weight excluding hydrogens is 544 g/mol. The zero-order valence-electron chi connectivity index (χ0n) is 23.3. The quantitative estimate of drug-likeness (QED) is 0.157. The number of aliphatic hydroxyl groups is 1. The van der Waals surface area contributed by atoms with Gasteiger partial charge in [0.25, 0.3) is 5.56 Å². The van der Waals surface area contributed by atoms with Crippen LogP contribution in [0.2, 0.25) is 0 Å². The molecule has 2 heterocycles. The number of aliphatic hydroxyl groups excluding tert-OH is 1. The van der Waals surface area contributed by atoms with E-state index < -0.39 is 41.4 Å². The third-order valence-corrected chi connectivity index (χ3v) is 7.28. The molecule has 1 saturated heterocycles. The second kappa shape index (κ2) is 12.7. The Bertz CT molecular complexity index is 1520. The number of nitrogens with zero attached hydrogens (tertiary/aromatic N) is 1. The van der Waals surface area contributed by atoms with Crippen LogP contribution in [0.3, 0.4) is 0 Å². The Morgan fingerprint density at radius 1 is 0.833 bits per heavy atom. The van der Waals surface area contributed by atoms with Crippen LogP contribution < -0.4 is 20.7 Å². The lowest BCUT2D eigenvalue weighted by Crippen LogP contribution is -2.41. The topological polar surface area (TPSA) is 130 Å². The van der Waals surface area contributed by atoms with E-state index in [0.717, 1.165) is 21.3 Å². The van der Waals surface area contributed by atoms with Crippen LogP contribution in [0, 0.1) is 0 Å². The molecule has 3 aromatic carbocycles. The highest BCUT2D eigenvalue weighted by Gasteiger charge is 2.48. The van der Waals surface area contributed by atoms with E-state index in [-0.39, 0.29) is 6.61 Å². The SMILES string of the molecule is COOC1C(O)[C@H](COC(c2ccccc2)(c2ccc(OC)cc2)c2ccc(OC)cc2)O[C@@H]1n1ccc(=O)[nH]c1=O. The van der Waals surface area contributed by atoms with E-state index in [4.69, 9.17) is 28.7 Å². The van der Waals surface area contributed by atoms with Gasteiger partial charge in [-0.3, -0.25) is 14.3 Å². The molecule has 5 rings (SSSR count). The number of methoxy groups -OCH3 is 2. The Morgan fingerprint density at radius 3 is 1.93 bits per heavy atom. The summed E-state index contributed by atoms with van der Waals surface area (Å²) in [5.74, 6) is 1.36. The average Bonchev–Trinajstić information content (AvgIpc) is 3.33. The smallest absolute Gasteiger partial charge is 0.330 e. The van der Waals surface area contributed by atoms with E-state index in [9.17, 15) is 14.7 Å². The second-order valence-electron chi connectivity index (χ2n) is 9.62. The van der Waals surface area contributed by atoms with Gasteiger partial charge in [-0.15, -0.1) is 0 Å². The fraction of sp³-hybridized carbons (Fsp3) is 0.290. The fourth-order valence-corrected chi connectivity index (χ4v) is 5.20. The lowest BCUT2D eigenvalue weighted by Gasteiger charge is -2.37. The van der Waals surface area contributed by atoms with Crippen molar-refractivity contribution in [3.05, 3.63) is 129 Å². The van der Waals surface area contributed by atoms with Crippen molar-refractivity contribution in [2.75, 3.05) is 27.9 Å². The van der Waals surface area contributed by atoms with Crippen molar-refractivity contribution in [1.29, 1.82) is 0 Å². The predicted octanol–water partition coefficient (Wildman–Crippen LogP) is 2.77. The number of aromatic nitrogens is 2. The minimum Gasteiger partial charge on any atom is -0.497 e. The molecule has 0 amide bonds. The minimum absolute atomic E-state index is 0.119. The van der Waals surface area contributed by atoms with Gasteiger partial charge in [-0.25, -0.2) is 14.6 Å². The summed E-state index contributed by atoms with van der Waals surface area (Å²) in [6.07, 6.45) is -3.13. The minimum atomic E-state index is -1.26. The fourth-order valence-electron chi connectivity index (χ4n) is 5.20. The van der Waals surface area contributed by atoms with E-state index >= 15 is 0 Å².